The van der Waals surface area contributed by atoms with Gasteiger partial charge in [-0.3, -0.25) is 0 Å². The minimum absolute atomic E-state index is 0.142. The summed E-state index contributed by atoms with van der Waals surface area (Å²) in [6.07, 6.45) is 1.26. The maximum Gasteiger partial charge on any atom is 0.123 e. The van der Waals surface area contributed by atoms with Gasteiger partial charge in [0, 0.05) is 6.04 Å². The van der Waals surface area contributed by atoms with Crippen LogP contribution in [0.1, 0.15) is 23.6 Å². The molecule has 88 valence electrons. The van der Waals surface area contributed by atoms with E-state index >= 15 is 0 Å². The fourth-order valence-corrected chi connectivity index (χ4v) is 3.75. The third-order valence-electron chi connectivity index (χ3n) is 3.31. The minimum atomic E-state index is -0.142. The molecule has 0 aromatic heterocycles. The lowest BCUT2D eigenvalue weighted by molar-refractivity contribution is 0.418. The van der Waals surface area contributed by atoms with Gasteiger partial charge in [0.2, 0.25) is 0 Å². The normalized spacial score (nSPS) is 22.3. The van der Waals surface area contributed by atoms with Crippen LogP contribution in [0.5, 0.6) is 0 Å². The van der Waals surface area contributed by atoms with Crippen molar-refractivity contribution in [1.82, 2.24) is 5.32 Å². The topological polar surface area (TPSA) is 12.0 Å². The van der Waals surface area contributed by atoms with Crippen LogP contribution in [0.15, 0.2) is 18.2 Å². The second kappa shape index (κ2) is 5.19. The molecule has 0 radical (unpaired) electrons. The molecule has 1 aliphatic heterocycles. The van der Waals surface area contributed by atoms with Crippen LogP contribution in [-0.2, 0) is 0 Å². The van der Waals surface area contributed by atoms with Gasteiger partial charge < -0.3 is 5.32 Å². The van der Waals surface area contributed by atoms with Gasteiger partial charge in [-0.15, -0.1) is 0 Å². The predicted molar refractivity (Wildman–Crippen MR) is 68.4 cm³/mol. The molecule has 0 bridgehead atoms. The van der Waals surface area contributed by atoms with Crippen molar-refractivity contribution in [3.05, 3.63) is 35.1 Å². The van der Waals surface area contributed by atoms with E-state index in [9.17, 15) is 4.39 Å². The van der Waals surface area contributed by atoms with Crippen molar-refractivity contribution in [2.24, 2.45) is 5.92 Å². The summed E-state index contributed by atoms with van der Waals surface area (Å²) >= 11 is 2.02. The van der Waals surface area contributed by atoms with Gasteiger partial charge in [-0.1, -0.05) is 6.07 Å². The van der Waals surface area contributed by atoms with E-state index in [-0.39, 0.29) is 5.82 Å². The summed E-state index contributed by atoms with van der Waals surface area (Å²) in [5.41, 5.74) is 2.30. The first-order valence-electron chi connectivity index (χ1n) is 5.73. The highest BCUT2D eigenvalue weighted by atomic mass is 32.2. The molecule has 1 nitrogen and oxygen atoms in total. The van der Waals surface area contributed by atoms with E-state index in [0.29, 0.717) is 12.0 Å². The lowest BCUT2D eigenvalue weighted by atomic mass is 9.90. The van der Waals surface area contributed by atoms with Gasteiger partial charge in [-0.05, 0) is 61.1 Å². The van der Waals surface area contributed by atoms with Crippen molar-refractivity contribution >= 4 is 11.8 Å². The maximum atomic E-state index is 13.1. The summed E-state index contributed by atoms with van der Waals surface area (Å²) in [5, 5.41) is 3.38. The third-order valence-corrected chi connectivity index (χ3v) is 4.50. The van der Waals surface area contributed by atoms with E-state index in [2.05, 4.69) is 5.32 Å². The van der Waals surface area contributed by atoms with Gasteiger partial charge in [0.05, 0.1) is 0 Å². The molecule has 1 N–H and O–H groups in total. The average molecular weight is 239 g/mol. The molecule has 1 saturated heterocycles. The van der Waals surface area contributed by atoms with Gasteiger partial charge in [0.1, 0.15) is 5.82 Å². The number of halogens is 1. The van der Waals surface area contributed by atoms with Crippen molar-refractivity contribution in [3.63, 3.8) is 0 Å². The Morgan fingerprint density at radius 2 is 2.31 bits per heavy atom. The summed E-state index contributed by atoms with van der Waals surface area (Å²) < 4.78 is 13.1. The van der Waals surface area contributed by atoms with Gasteiger partial charge >= 0.3 is 0 Å². The van der Waals surface area contributed by atoms with Gasteiger partial charge in [-0.2, -0.15) is 11.8 Å². The number of rotatable bonds is 3. The molecule has 2 unspecified atom stereocenters. The first kappa shape index (κ1) is 11.9. The van der Waals surface area contributed by atoms with Crippen LogP contribution in [0, 0.1) is 18.7 Å². The maximum absolute atomic E-state index is 13.1. The van der Waals surface area contributed by atoms with Crippen molar-refractivity contribution in [2.75, 3.05) is 18.6 Å². The molecule has 1 aromatic rings. The molecule has 0 spiro atoms. The van der Waals surface area contributed by atoms with Gasteiger partial charge in [0.25, 0.3) is 0 Å². The Kier molecular flexibility index (Phi) is 3.87. The smallest absolute Gasteiger partial charge is 0.123 e. The summed E-state index contributed by atoms with van der Waals surface area (Å²) in [5.74, 6) is 3.00. The summed E-state index contributed by atoms with van der Waals surface area (Å²) in [6, 6.07) is 5.49. The minimum Gasteiger partial charge on any atom is -0.313 e. The average Bonchev–Trinajstić information content (AvgIpc) is 2.75. The molecule has 2 rings (SSSR count). The number of thioether (sulfide) groups is 1. The molecule has 1 aromatic carbocycles. The first-order chi connectivity index (χ1) is 7.72. The summed E-state index contributed by atoms with van der Waals surface area (Å²) in [6.45, 7) is 1.99. The summed E-state index contributed by atoms with van der Waals surface area (Å²) in [7, 11) is 2.00. The van der Waals surface area contributed by atoms with Crippen LogP contribution in [0.4, 0.5) is 4.39 Å². The molecule has 16 heavy (non-hydrogen) atoms. The fourth-order valence-electron chi connectivity index (χ4n) is 2.45. The predicted octanol–water partition coefficient (Wildman–Crippen LogP) is 3.15. The van der Waals surface area contributed by atoms with Gasteiger partial charge in [-0.25, -0.2) is 4.39 Å². The lowest BCUT2D eigenvalue weighted by Crippen LogP contribution is -2.26. The van der Waals surface area contributed by atoms with Crippen LogP contribution >= 0.6 is 11.8 Å². The molecule has 3 heteroatoms. The van der Waals surface area contributed by atoms with Crippen LogP contribution in [0.2, 0.25) is 0 Å². The Hall–Kier alpha value is -0.540. The van der Waals surface area contributed by atoms with E-state index < -0.39 is 0 Å². The van der Waals surface area contributed by atoms with Gasteiger partial charge in [0.15, 0.2) is 0 Å². The number of aryl methyl sites for hydroxylation is 1. The molecule has 0 saturated carbocycles. The molecule has 1 fully saturated rings. The largest absolute Gasteiger partial charge is 0.313 e. The Bertz CT molecular complexity index is 361. The molecule has 1 heterocycles. The zero-order valence-corrected chi connectivity index (χ0v) is 10.6. The van der Waals surface area contributed by atoms with E-state index in [1.165, 1.54) is 23.5 Å². The van der Waals surface area contributed by atoms with E-state index in [1.54, 1.807) is 12.1 Å². The van der Waals surface area contributed by atoms with Crippen molar-refractivity contribution in [2.45, 2.75) is 19.4 Å². The standard InChI is InChI=1S/C13H18FNS/c1-9-7-11(14)3-4-12(9)13(15-2)10-5-6-16-8-10/h3-4,7,10,13,15H,5-6,8H2,1-2H3. The molecule has 2 atom stereocenters. The number of hydrogen-bond acceptors (Lipinski definition) is 2. The fraction of sp³-hybridized carbons (Fsp3) is 0.538. The van der Waals surface area contributed by atoms with Crippen LogP contribution in [0.3, 0.4) is 0 Å². The molecular formula is C13H18FNS. The zero-order chi connectivity index (χ0) is 11.5. The highest BCUT2D eigenvalue weighted by molar-refractivity contribution is 7.99. The second-order valence-corrected chi connectivity index (χ2v) is 5.54. The molecule has 0 aliphatic carbocycles. The molecule has 0 amide bonds. The van der Waals surface area contributed by atoms with Crippen LogP contribution in [-0.4, -0.2) is 18.6 Å². The first-order valence-corrected chi connectivity index (χ1v) is 6.89. The van der Waals surface area contributed by atoms with Crippen molar-refractivity contribution in [3.8, 4) is 0 Å². The Morgan fingerprint density at radius 3 is 2.88 bits per heavy atom. The quantitative estimate of drug-likeness (QED) is 0.869. The molecule has 1 aliphatic rings. The van der Waals surface area contributed by atoms with Crippen molar-refractivity contribution < 1.29 is 4.39 Å². The Morgan fingerprint density at radius 1 is 1.50 bits per heavy atom. The number of benzene rings is 1. The second-order valence-electron chi connectivity index (χ2n) is 4.39. The lowest BCUT2D eigenvalue weighted by Gasteiger charge is -2.24. The monoisotopic (exact) mass is 239 g/mol. The zero-order valence-electron chi connectivity index (χ0n) is 9.79. The Balaban J connectivity index is 2.25. The molecular weight excluding hydrogens is 221 g/mol. The van der Waals surface area contributed by atoms with E-state index in [4.69, 9.17) is 0 Å². The van der Waals surface area contributed by atoms with Crippen molar-refractivity contribution in [1.29, 1.82) is 0 Å². The highest BCUT2D eigenvalue weighted by Crippen LogP contribution is 2.35. The van der Waals surface area contributed by atoms with E-state index in [1.807, 2.05) is 31.8 Å². The van der Waals surface area contributed by atoms with Crippen LogP contribution < -0.4 is 5.32 Å². The highest BCUT2D eigenvalue weighted by Gasteiger charge is 2.26. The number of nitrogens with one attached hydrogen (secondary N) is 1. The summed E-state index contributed by atoms with van der Waals surface area (Å²) in [4.78, 5) is 0. The van der Waals surface area contributed by atoms with E-state index in [0.717, 1.165) is 5.56 Å². The number of hydrogen-bond donors (Lipinski definition) is 1. The Labute approximate surface area is 101 Å². The SMILES string of the molecule is CNC(c1ccc(F)cc1C)C1CCSC1. The van der Waals surface area contributed by atoms with Crippen LogP contribution in [0.25, 0.3) is 0 Å². The third kappa shape index (κ3) is 2.41.